The Hall–Kier alpha value is -1.52. The van der Waals surface area contributed by atoms with Gasteiger partial charge >= 0.3 is 5.97 Å². The summed E-state index contributed by atoms with van der Waals surface area (Å²) in [6.45, 7) is 1.45. The molecule has 0 aliphatic carbocycles. The van der Waals surface area contributed by atoms with E-state index in [0.717, 1.165) is 0 Å². The number of nitrogens with one attached hydrogen (secondary N) is 1. The Balaban J connectivity index is 2.73. The SMILES string of the molecule is CC1=C(O)[C@H](CC(=O)O)NC1=O. The number of hydrogen-bond acceptors (Lipinski definition) is 3. The van der Waals surface area contributed by atoms with Crippen LogP contribution >= 0.6 is 0 Å². The number of rotatable bonds is 2. The van der Waals surface area contributed by atoms with E-state index >= 15 is 0 Å². The molecule has 0 unspecified atom stereocenters. The molecule has 12 heavy (non-hydrogen) atoms. The molecular weight excluding hydrogens is 162 g/mol. The molecule has 0 fully saturated rings. The molecule has 0 aromatic rings. The Bertz CT molecular complexity index is 269. The smallest absolute Gasteiger partial charge is 0.305 e. The van der Waals surface area contributed by atoms with Crippen LogP contribution in [0.15, 0.2) is 11.3 Å². The van der Waals surface area contributed by atoms with Gasteiger partial charge in [0.05, 0.1) is 18.0 Å². The molecule has 0 aromatic heterocycles. The topological polar surface area (TPSA) is 86.6 Å². The molecule has 0 bridgehead atoms. The fourth-order valence-electron chi connectivity index (χ4n) is 1.03. The number of amides is 1. The van der Waals surface area contributed by atoms with Crippen LogP contribution in [0.2, 0.25) is 0 Å². The highest BCUT2D eigenvalue weighted by Crippen LogP contribution is 2.16. The van der Waals surface area contributed by atoms with E-state index in [1.165, 1.54) is 6.92 Å². The summed E-state index contributed by atoms with van der Waals surface area (Å²) in [5.41, 5.74) is 0.196. The molecule has 66 valence electrons. The number of carbonyl (C=O) groups excluding carboxylic acids is 1. The second-order valence-corrected chi connectivity index (χ2v) is 2.63. The molecule has 5 heteroatoms. The van der Waals surface area contributed by atoms with Crippen molar-refractivity contribution in [3.05, 3.63) is 11.3 Å². The monoisotopic (exact) mass is 171 g/mol. The van der Waals surface area contributed by atoms with Gasteiger partial charge in [-0.25, -0.2) is 0 Å². The maximum absolute atomic E-state index is 10.9. The molecule has 1 amide bonds. The lowest BCUT2D eigenvalue weighted by Gasteiger charge is -2.06. The highest BCUT2D eigenvalue weighted by atomic mass is 16.4. The first-order valence-corrected chi connectivity index (χ1v) is 3.44. The first-order chi connectivity index (χ1) is 5.52. The number of carboxylic acid groups (broad SMARTS) is 1. The second-order valence-electron chi connectivity index (χ2n) is 2.63. The molecule has 0 spiro atoms. The molecule has 0 aromatic carbocycles. The molecular formula is C7H9NO4. The van der Waals surface area contributed by atoms with Crippen molar-refractivity contribution >= 4 is 11.9 Å². The second kappa shape index (κ2) is 2.84. The van der Waals surface area contributed by atoms with Crippen molar-refractivity contribution in [1.82, 2.24) is 5.32 Å². The molecule has 1 aliphatic rings. The van der Waals surface area contributed by atoms with Gasteiger partial charge in [0.2, 0.25) is 0 Å². The molecule has 3 N–H and O–H groups in total. The summed E-state index contributed by atoms with van der Waals surface area (Å²) in [6, 6.07) is -0.755. The zero-order valence-corrected chi connectivity index (χ0v) is 6.50. The molecule has 1 aliphatic heterocycles. The molecule has 1 atom stereocenters. The Morgan fingerprint density at radius 3 is 2.58 bits per heavy atom. The highest BCUT2D eigenvalue weighted by molar-refractivity contribution is 5.97. The quantitative estimate of drug-likeness (QED) is 0.536. The van der Waals surface area contributed by atoms with Crippen molar-refractivity contribution in [3.63, 3.8) is 0 Å². The fraction of sp³-hybridized carbons (Fsp3) is 0.429. The van der Waals surface area contributed by atoms with E-state index in [2.05, 4.69) is 5.32 Å². The summed E-state index contributed by atoms with van der Waals surface area (Å²) in [5.74, 6) is -1.62. The van der Waals surface area contributed by atoms with Crippen molar-refractivity contribution in [3.8, 4) is 0 Å². The average molecular weight is 171 g/mol. The Morgan fingerprint density at radius 2 is 2.25 bits per heavy atom. The third kappa shape index (κ3) is 1.39. The number of aliphatic hydroxyl groups excluding tert-OH is 1. The van der Waals surface area contributed by atoms with Gasteiger partial charge in [-0.05, 0) is 6.92 Å². The summed E-state index contributed by atoms with van der Waals surface area (Å²) in [7, 11) is 0. The molecule has 1 rings (SSSR count). The van der Waals surface area contributed by atoms with E-state index in [1.54, 1.807) is 0 Å². The van der Waals surface area contributed by atoms with E-state index in [9.17, 15) is 14.7 Å². The largest absolute Gasteiger partial charge is 0.510 e. The van der Waals surface area contributed by atoms with Gasteiger partial charge in [0.25, 0.3) is 5.91 Å². The lowest BCUT2D eigenvalue weighted by Crippen LogP contribution is -2.30. The molecule has 0 radical (unpaired) electrons. The van der Waals surface area contributed by atoms with Crippen LogP contribution in [0.25, 0.3) is 0 Å². The molecule has 0 saturated heterocycles. The van der Waals surface area contributed by atoms with Gasteiger partial charge in [-0.2, -0.15) is 0 Å². The highest BCUT2D eigenvalue weighted by Gasteiger charge is 2.30. The predicted molar refractivity (Wildman–Crippen MR) is 39.5 cm³/mol. The average Bonchev–Trinajstić information content (AvgIpc) is 2.17. The van der Waals surface area contributed by atoms with Crippen LogP contribution in [0.4, 0.5) is 0 Å². The molecule has 1 heterocycles. The van der Waals surface area contributed by atoms with Crippen molar-refractivity contribution < 1.29 is 19.8 Å². The fourth-order valence-corrected chi connectivity index (χ4v) is 1.03. The number of aliphatic carboxylic acids is 1. The number of carbonyl (C=O) groups is 2. The number of carboxylic acids is 1. The molecule has 5 nitrogen and oxygen atoms in total. The number of aliphatic hydroxyl groups is 1. The third-order valence-electron chi connectivity index (χ3n) is 1.74. The summed E-state index contributed by atoms with van der Waals surface area (Å²) in [5, 5.41) is 19.9. The predicted octanol–water partition coefficient (Wildman–Crippen LogP) is -0.209. The Labute approximate surface area is 68.7 Å². The standard InChI is InChI=1S/C7H9NO4/c1-3-6(11)4(2-5(9)10)8-7(3)12/h4,11H,2H2,1H3,(H,8,12)(H,9,10)/t4-/m0/s1. The van der Waals surface area contributed by atoms with Gasteiger partial charge in [0, 0.05) is 0 Å². The van der Waals surface area contributed by atoms with E-state index in [1.807, 2.05) is 0 Å². The van der Waals surface area contributed by atoms with E-state index in [0.29, 0.717) is 0 Å². The van der Waals surface area contributed by atoms with E-state index in [4.69, 9.17) is 5.11 Å². The Morgan fingerprint density at radius 1 is 1.67 bits per heavy atom. The number of hydrogen-bond donors (Lipinski definition) is 3. The van der Waals surface area contributed by atoms with E-state index < -0.39 is 17.9 Å². The van der Waals surface area contributed by atoms with Crippen molar-refractivity contribution in [2.75, 3.05) is 0 Å². The van der Waals surface area contributed by atoms with Crippen LogP contribution in [0, 0.1) is 0 Å². The van der Waals surface area contributed by atoms with Gasteiger partial charge in [-0.3, -0.25) is 9.59 Å². The Kier molecular flexibility index (Phi) is 2.03. The maximum atomic E-state index is 10.9. The van der Waals surface area contributed by atoms with Crippen molar-refractivity contribution in [2.45, 2.75) is 19.4 Å². The van der Waals surface area contributed by atoms with Crippen molar-refractivity contribution in [1.29, 1.82) is 0 Å². The van der Waals surface area contributed by atoms with Crippen LogP contribution in [0.3, 0.4) is 0 Å². The summed E-state index contributed by atoms with van der Waals surface area (Å²) in [4.78, 5) is 21.1. The zero-order valence-electron chi connectivity index (χ0n) is 6.50. The zero-order chi connectivity index (χ0) is 9.30. The van der Waals surface area contributed by atoms with Gasteiger partial charge in [-0.1, -0.05) is 0 Å². The summed E-state index contributed by atoms with van der Waals surface area (Å²) >= 11 is 0. The minimum atomic E-state index is -1.05. The van der Waals surface area contributed by atoms with Crippen LogP contribution in [0.1, 0.15) is 13.3 Å². The van der Waals surface area contributed by atoms with Crippen LogP contribution < -0.4 is 5.32 Å². The van der Waals surface area contributed by atoms with Crippen molar-refractivity contribution in [2.24, 2.45) is 0 Å². The van der Waals surface area contributed by atoms with Gasteiger partial charge < -0.3 is 15.5 Å². The maximum Gasteiger partial charge on any atom is 0.305 e. The normalized spacial score (nSPS) is 22.8. The summed E-state index contributed by atoms with van der Waals surface area (Å²) in [6.07, 6.45) is -0.283. The first-order valence-electron chi connectivity index (χ1n) is 3.44. The summed E-state index contributed by atoms with van der Waals surface area (Å²) < 4.78 is 0. The molecule has 0 saturated carbocycles. The lowest BCUT2D eigenvalue weighted by molar-refractivity contribution is -0.137. The van der Waals surface area contributed by atoms with Gasteiger partial charge in [-0.15, -0.1) is 0 Å². The van der Waals surface area contributed by atoms with E-state index in [-0.39, 0.29) is 17.8 Å². The van der Waals surface area contributed by atoms with Crippen LogP contribution in [-0.2, 0) is 9.59 Å². The van der Waals surface area contributed by atoms with Crippen LogP contribution in [0.5, 0.6) is 0 Å². The van der Waals surface area contributed by atoms with Gasteiger partial charge in [0.15, 0.2) is 0 Å². The van der Waals surface area contributed by atoms with Crippen LogP contribution in [-0.4, -0.2) is 28.1 Å². The minimum Gasteiger partial charge on any atom is -0.510 e. The van der Waals surface area contributed by atoms with Gasteiger partial charge in [0.1, 0.15) is 5.76 Å². The lowest BCUT2D eigenvalue weighted by atomic mass is 10.1. The first kappa shape index (κ1) is 8.58. The third-order valence-corrected chi connectivity index (χ3v) is 1.74. The minimum absolute atomic E-state index is 0.164.